The van der Waals surface area contributed by atoms with Gasteiger partial charge in [-0.1, -0.05) is 18.9 Å². The molecule has 0 radical (unpaired) electrons. The molecule has 1 aliphatic heterocycles. The number of piperidine rings is 1. The fourth-order valence-corrected chi connectivity index (χ4v) is 6.14. The van der Waals surface area contributed by atoms with Gasteiger partial charge < -0.3 is 10.2 Å². The third kappa shape index (κ3) is 4.42. The van der Waals surface area contributed by atoms with Crippen LogP contribution in [0.5, 0.6) is 0 Å². The second kappa shape index (κ2) is 8.13. The minimum absolute atomic E-state index is 0.00732. The lowest BCUT2D eigenvalue weighted by atomic mass is 10.1. The standard InChI is InChI=1S/C21H31N3O3S/c1-24-10-8-18(9-11-24)23-28(26,27)20-7-6-16-12-19(13-17(16)14-20)22-21(25)15-4-2-3-5-15/h6-7,14-15,18-19,23H,2-5,8-13H2,1H3,(H,22,25)/t19-/m0/s1. The first kappa shape index (κ1) is 19.9. The van der Waals surface area contributed by atoms with Crippen LogP contribution < -0.4 is 10.0 Å². The predicted octanol–water partition coefficient (Wildman–Crippen LogP) is 1.83. The molecule has 6 nitrogen and oxygen atoms in total. The Labute approximate surface area is 168 Å². The number of hydrogen-bond acceptors (Lipinski definition) is 4. The van der Waals surface area contributed by atoms with Crippen LogP contribution in [0.1, 0.15) is 49.7 Å². The third-order valence-electron chi connectivity index (χ3n) is 6.53. The molecule has 1 aromatic carbocycles. The van der Waals surface area contributed by atoms with Gasteiger partial charge in [0.2, 0.25) is 15.9 Å². The lowest BCUT2D eigenvalue weighted by Crippen LogP contribution is -2.43. The number of nitrogens with one attached hydrogen (secondary N) is 2. The van der Waals surface area contributed by atoms with Crippen LogP contribution >= 0.6 is 0 Å². The number of carbonyl (C=O) groups is 1. The van der Waals surface area contributed by atoms with Gasteiger partial charge in [-0.25, -0.2) is 13.1 Å². The molecule has 2 aliphatic carbocycles. The number of sulfonamides is 1. The molecule has 0 aromatic heterocycles. The largest absolute Gasteiger partial charge is 0.352 e. The van der Waals surface area contributed by atoms with Crippen LogP contribution in [-0.2, 0) is 27.7 Å². The molecule has 1 saturated carbocycles. The van der Waals surface area contributed by atoms with Crippen molar-refractivity contribution in [2.24, 2.45) is 5.92 Å². The van der Waals surface area contributed by atoms with Crippen molar-refractivity contribution in [1.29, 1.82) is 0 Å². The summed E-state index contributed by atoms with van der Waals surface area (Å²) in [6.07, 6.45) is 7.48. The van der Waals surface area contributed by atoms with E-state index in [1.165, 1.54) is 0 Å². The SMILES string of the molecule is CN1CCC(NS(=O)(=O)c2ccc3c(c2)C[C@@H](NC(=O)C2CCCC2)C3)CC1. The normalized spacial score (nSPS) is 24.4. The molecule has 0 spiro atoms. The number of carbonyl (C=O) groups excluding carboxylic acids is 1. The van der Waals surface area contributed by atoms with Crippen LogP contribution in [0.3, 0.4) is 0 Å². The monoisotopic (exact) mass is 405 g/mol. The van der Waals surface area contributed by atoms with Gasteiger partial charge in [-0.15, -0.1) is 0 Å². The Bertz CT molecular complexity index is 825. The minimum atomic E-state index is -3.51. The van der Waals surface area contributed by atoms with Crippen molar-refractivity contribution in [3.8, 4) is 0 Å². The van der Waals surface area contributed by atoms with Crippen molar-refractivity contribution < 1.29 is 13.2 Å². The summed E-state index contributed by atoms with van der Waals surface area (Å²) in [5.74, 6) is 0.338. The summed E-state index contributed by atoms with van der Waals surface area (Å²) in [5.41, 5.74) is 2.19. The van der Waals surface area contributed by atoms with Gasteiger partial charge in [-0.05, 0) is 81.9 Å². The van der Waals surface area contributed by atoms with Gasteiger partial charge in [-0.3, -0.25) is 4.79 Å². The first-order valence-electron chi connectivity index (χ1n) is 10.5. The highest BCUT2D eigenvalue weighted by atomic mass is 32.2. The molecule has 4 rings (SSSR count). The van der Waals surface area contributed by atoms with Crippen LogP contribution in [0.4, 0.5) is 0 Å². The molecule has 3 aliphatic rings. The van der Waals surface area contributed by atoms with E-state index >= 15 is 0 Å². The van der Waals surface area contributed by atoms with Crippen LogP contribution in [0, 0.1) is 5.92 Å². The summed E-state index contributed by atoms with van der Waals surface area (Å²) in [6.45, 7) is 1.83. The van der Waals surface area contributed by atoms with E-state index in [1.54, 1.807) is 12.1 Å². The first-order valence-corrected chi connectivity index (χ1v) is 12.0. The van der Waals surface area contributed by atoms with Crippen molar-refractivity contribution in [2.75, 3.05) is 20.1 Å². The highest BCUT2D eigenvalue weighted by molar-refractivity contribution is 7.89. The molecule has 7 heteroatoms. The molecular formula is C21H31N3O3S. The van der Waals surface area contributed by atoms with E-state index in [0.29, 0.717) is 11.3 Å². The molecule has 1 heterocycles. The molecule has 0 unspecified atom stereocenters. The van der Waals surface area contributed by atoms with E-state index in [4.69, 9.17) is 0 Å². The summed E-state index contributed by atoms with van der Waals surface area (Å²) >= 11 is 0. The number of rotatable bonds is 5. The van der Waals surface area contributed by atoms with Gasteiger partial charge in [0, 0.05) is 18.0 Å². The molecule has 1 amide bonds. The van der Waals surface area contributed by atoms with Gasteiger partial charge in [0.25, 0.3) is 0 Å². The zero-order valence-corrected chi connectivity index (χ0v) is 17.4. The molecule has 0 bridgehead atoms. The van der Waals surface area contributed by atoms with Gasteiger partial charge >= 0.3 is 0 Å². The lowest BCUT2D eigenvalue weighted by Gasteiger charge is -2.29. The highest BCUT2D eigenvalue weighted by Crippen LogP contribution is 2.28. The van der Waals surface area contributed by atoms with E-state index in [9.17, 15) is 13.2 Å². The zero-order chi connectivity index (χ0) is 19.7. The van der Waals surface area contributed by atoms with Gasteiger partial charge in [0.1, 0.15) is 0 Å². The van der Waals surface area contributed by atoms with E-state index in [0.717, 1.165) is 69.2 Å². The Balaban J connectivity index is 1.39. The quantitative estimate of drug-likeness (QED) is 0.783. The maximum Gasteiger partial charge on any atom is 0.240 e. The van der Waals surface area contributed by atoms with Gasteiger partial charge in [0.05, 0.1) is 4.90 Å². The van der Waals surface area contributed by atoms with Crippen molar-refractivity contribution >= 4 is 15.9 Å². The number of hydrogen-bond donors (Lipinski definition) is 2. The zero-order valence-electron chi connectivity index (χ0n) is 16.6. The molecular weight excluding hydrogens is 374 g/mol. The molecule has 28 heavy (non-hydrogen) atoms. The number of benzene rings is 1. The lowest BCUT2D eigenvalue weighted by molar-refractivity contribution is -0.125. The van der Waals surface area contributed by atoms with E-state index < -0.39 is 10.0 Å². The smallest absolute Gasteiger partial charge is 0.240 e. The summed E-state index contributed by atoms with van der Waals surface area (Å²) in [7, 11) is -1.45. The van der Waals surface area contributed by atoms with Gasteiger partial charge in [0.15, 0.2) is 0 Å². The van der Waals surface area contributed by atoms with E-state index in [1.807, 2.05) is 6.07 Å². The Morgan fingerprint density at radius 2 is 1.68 bits per heavy atom. The number of fused-ring (bicyclic) bond motifs is 1. The molecule has 1 aromatic rings. The molecule has 2 fully saturated rings. The summed E-state index contributed by atoms with van der Waals surface area (Å²) in [6, 6.07) is 5.52. The Morgan fingerprint density at radius 3 is 2.39 bits per heavy atom. The highest BCUT2D eigenvalue weighted by Gasteiger charge is 2.29. The predicted molar refractivity (Wildman–Crippen MR) is 109 cm³/mol. The summed E-state index contributed by atoms with van der Waals surface area (Å²) in [5, 5.41) is 3.19. The maximum atomic E-state index is 12.8. The third-order valence-corrected chi connectivity index (χ3v) is 8.05. The number of likely N-dealkylation sites (tertiary alicyclic amines) is 1. The molecule has 1 saturated heterocycles. The average Bonchev–Trinajstić information content (AvgIpc) is 3.32. The second-order valence-electron chi connectivity index (χ2n) is 8.72. The van der Waals surface area contributed by atoms with Crippen LogP contribution in [0.25, 0.3) is 0 Å². The van der Waals surface area contributed by atoms with Crippen LogP contribution in [0.2, 0.25) is 0 Å². The Morgan fingerprint density at radius 1 is 1.00 bits per heavy atom. The fraction of sp³-hybridized carbons (Fsp3) is 0.667. The topological polar surface area (TPSA) is 78.5 Å². The molecule has 2 N–H and O–H groups in total. The van der Waals surface area contributed by atoms with Crippen molar-refractivity contribution in [3.63, 3.8) is 0 Å². The van der Waals surface area contributed by atoms with Crippen LogP contribution in [0.15, 0.2) is 23.1 Å². The van der Waals surface area contributed by atoms with E-state index in [-0.39, 0.29) is 23.9 Å². The van der Waals surface area contributed by atoms with Crippen LogP contribution in [-0.4, -0.2) is 51.4 Å². The minimum Gasteiger partial charge on any atom is -0.352 e. The summed E-state index contributed by atoms with van der Waals surface area (Å²) < 4.78 is 28.5. The van der Waals surface area contributed by atoms with Crippen molar-refractivity contribution in [2.45, 2.75) is 68.3 Å². The number of amides is 1. The summed E-state index contributed by atoms with van der Waals surface area (Å²) in [4.78, 5) is 15.0. The van der Waals surface area contributed by atoms with Crippen molar-refractivity contribution in [3.05, 3.63) is 29.3 Å². The van der Waals surface area contributed by atoms with Gasteiger partial charge in [-0.2, -0.15) is 0 Å². The second-order valence-corrected chi connectivity index (χ2v) is 10.4. The molecule has 1 atom stereocenters. The maximum absolute atomic E-state index is 12.8. The fourth-order valence-electron chi connectivity index (χ4n) is 4.78. The Kier molecular flexibility index (Phi) is 5.76. The first-order chi connectivity index (χ1) is 13.4. The van der Waals surface area contributed by atoms with E-state index in [2.05, 4.69) is 22.0 Å². The Hall–Kier alpha value is -1.44. The molecule has 154 valence electrons. The average molecular weight is 406 g/mol. The number of nitrogens with zero attached hydrogens (tertiary/aromatic N) is 1. The van der Waals surface area contributed by atoms with Crippen molar-refractivity contribution in [1.82, 2.24) is 14.9 Å².